The SMILES string of the molecule is CC(C)(C)OC(=O)NN1C=CC=CC1. The van der Waals surface area contributed by atoms with Gasteiger partial charge in [-0.05, 0) is 26.8 Å². The summed E-state index contributed by atoms with van der Waals surface area (Å²) in [6.45, 7) is 6.16. The zero-order valence-corrected chi connectivity index (χ0v) is 8.78. The molecule has 0 unspecified atom stereocenters. The highest BCUT2D eigenvalue weighted by Gasteiger charge is 2.17. The summed E-state index contributed by atoms with van der Waals surface area (Å²) < 4.78 is 5.09. The Kier molecular flexibility index (Phi) is 3.17. The largest absolute Gasteiger partial charge is 0.443 e. The van der Waals surface area contributed by atoms with Gasteiger partial charge >= 0.3 is 6.09 Å². The van der Waals surface area contributed by atoms with E-state index in [9.17, 15) is 4.79 Å². The Morgan fingerprint density at radius 1 is 1.43 bits per heavy atom. The fraction of sp³-hybridized carbons (Fsp3) is 0.500. The van der Waals surface area contributed by atoms with E-state index in [0.717, 1.165) is 0 Å². The van der Waals surface area contributed by atoms with Crippen LogP contribution in [0.15, 0.2) is 24.4 Å². The van der Waals surface area contributed by atoms with E-state index in [-0.39, 0.29) is 0 Å². The van der Waals surface area contributed by atoms with Crippen molar-refractivity contribution in [2.24, 2.45) is 0 Å². The van der Waals surface area contributed by atoms with Crippen molar-refractivity contribution in [2.75, 3.05) is 6.54 Å². The second-order valence-electron chi connectivity index (χ2n) is 4.04. The Balaban J connectivity index is 2.34. The third kappa shape index (κ3) is 3.98. The molecule has 1 N–H and O–H groups in total. The molecule has 1 aliphatic rings. The number of rotatable bonds is 1. The van der Waals surface area contributed by atoms with Crippen LogP contribution < -0.4 is 5.43 Å². The molecule has 0 aromatic heterocycles. The van der Waals surface area contributed by atoms with Crippen LogP contribution in [-0.2, 0) is 4.74 Å². The third-order valence-corrected chi connectivity index (χ3v) is 1.45. The van der Waals surface area contributed by atoms with E-state index in [1.54, 1.807) is 11.2 Å². The van der Waals surface area contributed by atoms with E-state index in [2.05, 4.69) is 5.43 Å². The normalized spacial score (nSPS) is 15.5. The monoisotopic (exact) mass is 196 g/mol. The van der Waals surface area contributed by atoms with E-state index in [1.165, 1.54) is 0 Å². The zero-order chi connectivity index (χ0) is 10.6. The van der Waals surface area contributed by atoms with Gasteiger partial charge in [-0.3, -0.25) is 5.01 Å². The average molecular weight is 196 g/mol. The Labute approximate surface area is 84.2 Å². The molecule has 0 saturated heterocycles. The van der Waals surface area contributed by atoms with E-state index in [0.29, 0.717) is 6.54 Å². The number of hydrogen-bond acceptors (Lipinski definition) is 3. The first kappa shape index (κ1) is 10.6. The van der Waals surface area contributed by atoms with Crippen LogP contribution in [0.25, 0.3) is 0 Å². The minimum Gasteiger partial charge on any atom is -0.443 e. The second kappa shape index (κ2) is 4.17. The summed E-state index contributed by atoms with van der Waals surface area (Å²) in [5, 5.41) is 1.66. The molecule has 0 radical (unpaired) electrons. The van der Waals surface area contributed by atoms with Gasteiger partial charge in [0.15, 0.2) is 0 Å². The van der Waals surface area contributed by atoms with Crippen LogP contribution in [0.3, 0.4) is 0 Å². The van der Waals surface area contributed by atoms with Gasteiger partial charge in [-0.25, -0.2) is 10.2 Å². The standard InChI is InChI=1S/C10H16N2O2/c1-10(2,3)14-9(13)11-12-7-5-4-6-8-12/h4-7H,8H2,1-3H3,(H,11,13). The summed E-state index contributed by atoms with van der Waals surface area (Å²) in [6.07, 6.45) is 7.06. The number of nitrogens with zero attached hydrogens (tertiary/aromatic N) is 1. The summed E-state index contributed by atoms with van der Waals surface area (Å²) >= 11 is 0. The van der Waals surface area contributed by atoms with Gasteiger partial charge in [0.05, 0.1) is 6.54 Å². The topological polar surface area (TPSA) is 41.6 Å². The van der Waals surface area contributed by atoms with Crippen LogP contribution in [-0.4, -0.2) is 23.2 Å². The van der Waals surface area contributed by atoms with E-state index in [4.69, 9.17) is 4.74 Å². The fourth-order valence-corrected chi connectivity index (χ4v) is 0.969. The molecule has 0 bridgehead atoms. The van der Waals surface area contributed by atoms with Crippen molar-refractivity contribution in [3.8, 4) is 0 Å². The van der Waals surface area contributed by atoms with Gasteiger partial charge in [-0.15, -0.1) is 0 Å². The van der Waals surface area contributed by atoms with E-state index in [1.807, 2.05) is 39.0 Å². The molecule has 0 atom stereocenters. The maximum absolute atomic E-state index is 11.3. The molecule has 78 valence electrons. The number of nitrogens with one attached hydrogen (secondary N) is 1. The molecule has 0 aromatic carbocycles. The Hall–Kier alpha value is -1.45. The Morgan fingerprint density at radius 2 is 2.14 bits per heavy atom. The first-order valence-electron chi connectivity index (χ1n) is 4.57. The molecule has 4 nitrogen and oxygen atoms in total. The minimum atomic E-state index is -0.459. The van der Waals surface area contributed by atoms with Crippen molar-refractivity contribution in [3.05, 3.63) is 24.4 Å². The van der Waals surface area contributed by atoms with Crippen molar-refractivity contribution in [3.63, 3.8) is 0 Å². The number of carbonyl (C=O) groups excluding carboxylic acids is 1. The summed E-state index contributed by atoms with van der Waals surface area (Å²) in [5.74, 6) is 0. The van der Waals surface area contributed by atoms with Gasteiger partial charge in [0.2, 0.25) is 0 Å². The van der Waals surface area contributed by atoms with Gasteiger partial charge in [-0.1, -0.05) is 12.2 Å². The van der Waals surface area contributed by atoms with E-state index >= 15 is 0 Å². The van der Waals surface area contributed by atoms with Gasteiger partial charge in [0.25, 0.3) is 0 Å². The van der Waals surface area contributed by atoms with Gasteiger partial charge < -0.3 is 4.74 Å². The molecular weight excluding hydrogens is 180 g/mol. The van der Waals surface area contributed by atoms with Crippen LogP contribution in [0.2, 0.25) is 0 Å². The highest BCUT2D eigenvalue weighted by molar-refractivity contribution is 5.67. The van der Waals surface area contributed by atoms with Gasteiger partial charge in [-0.2, -0.15) is 0 Å². The highest BCUT2D eigenvalue weighted by Crippen LogP contribution is 2.07. The molecule has 0 aliphatic carbocycles. The van der Waals surface area contributed by atoms with Crippen molar-refractivity contribution in [2.45, 2.75) is 26.4 Å². The first-order chi connectivity index (χ1) is 6.47. The van der Waals surface area contributed by atoms with Gasteiger partial charge in [0, 0.05) is 6.20 Å². The molecule has 0 aromatic rings. The molecule has 1 aliphatic heterocycles. The van der Waals surface area contributed by atoms with Crippen LogP contribution >= 0.6 is 0 Å². The number of allylic oxidation sites excluding steroid dienone is 2. The fourth-order valence-electron chi connectivity index (χ4n) is 0.969. The van der Waals surface area contributed by atoms with Crippen LogP contribution in [0.5, 0.6) is 0 Å². The molecule has 14 heavy (non-hydrogen) atoms. The van der Waals surface area contributed by atoms with Crippen molar-refractivity contribution < 1.29 is 9.53 Å². The summed E-state index contributed by atoms with van der Waals surface area (Å²) in [6, 6.07) is 0. The van der Waals surface area contributed by atoms with Gasteiger partial charge in [0.1, 0.15) is 5.60 Å². The van der Waals surface area contributed by atoms with Crippen LogP contribution in [0, 0.1) is 0 Å². The summed E-state index contributed by atoms with van der Waals surface area (Å²) in [7, 11) is 0. The second-order valence-corrected chi connectivity index (χ2v) is 4.04. The molecular formula is C10H16N2O2. The maximum atomic E-state index is 11.3. The Bertz CT molecular complexity index is 264. The highest BCUT2D eigenvalue weighted by atomic mass is 16.6. The molecule has 1 rings (SSSR count). The Morgan fingerprint density at radius 3 is 2.64 bits per heavy atom. The molecule has 0 fully saturated rings. The number of amides is 1. The molecule has 0 saturated carbocycles. The molecule has 1 amide bonds. The minimum absolute atomic E-state index is 0.433. The lowest BCUT2D eigenvalue weighted by atomic mass is 10.2. The van der Waals surface area contributed by atoms with Crippen molar-refractivity contribution in [1.82, 2.24) is 10.4 Å². The number of ether oxygens (including phenoxy) is 1. The lowest BCUT2D eigenvalue weighted by molar-refractivity contribution is 0.0404. The number of hydrogen-bond donors (Lipinski definition) is 1. The summed E-state index contributed by atoms with van der Waals surface area (Å²) in [4.78, 5) is 11.3. The van der Waals surface area contributed by atoms with Crippen LogP contribution in [0.1, 0.15) is 20.8 Å². The lowest BCUT2D eigenvalue weighted by Gasteiger charge is -2.25. The van der Waals surface area contributed by atoms with Crippen molar-refractivity contribution >= 4 is 6.09 Å². The number of carbonyl (C=O) groups is 1. The molecule has 4 heteroatoms. The number of hydrazine groups is 1. The molecule has 1 heterocycles. The first-order valence-corrected chi connectivity index (χ1v) is 4.57. The summed E-state index contributed by atoms with van der Waals surface area (Å²) in [5.41, 5.74) is 2.15. The maximum Gasteiger partial charge on any atom is 0.426 e. The third-order valence-electron chi connectivity index (χ3n) is 1.45. The smallest absolute Gasteiger partial charge is 0.426 e. The quantitative estimate of drug-likeness (QED) is 0.695. The zero-order valence-electron chi connectivity index (χ0n) is 8.78. The van der Waals surface area contributed by atoms with E-state index < -0.39 is 11.7 Å². The van der Waals surface area contributed by atoms with Crippen molar-refractivity contribution in [1.29, 1.82) is 0 Å². The predicted octanol–water partition coefficient (Wildman–Crippen LogP) is 1.81. The van der Waals surface area contributed by atoms with Crippen LogP contribution in [0.4, 0.5) is 4.79 Å². The lowest BCUT2D eigenvalue weighted by Crippen LogP contribution is -2.42. The molecule has 0 spiro atoms. The average Bonchev–Trinajstić information content (AvgIpc) is 2.02. The predicted molar refractivity (Wildman–Crippen MR) is 54.4 cm³/mol.